The Bertz CT molecular complexity index is 520. The standard InChI is InChI=1S/C12H18N4O4/c1-3-8-9(6-16(2)15-8)13-11(19)14-12(10(17)18)4-5-20-7-12/h6H,3-5,7H2,1-2H3,(H,17,18)(H2,13,14,19). The molecule has 1 atom stereocenters. The number of carbonyl (C=O) groups is 2. The number of nitrogens with zero attached hydrogens (tertiary/aromatic N) is 2. The molecule has 1 aliphatic heterocycles. The molecule has 0 spiro atoms. The molecule has 1 saturated heterocycles. The van der Waals surface area contributed by atoms with Gasteiger partial charge < -0.3 is 20.5 Å². The van der Waals surface area contributed by atoms with Gasteiger partial charge >= 0.3 is 12.0 Å². The minimum atomic E-state index is -1.35. The van der Waals surface area contributed by atoms with Crippen molar-refractivity contribution in [2.24, 2.45) is 7.05 Å². The number of anilines is 1. The Morgan fingerprint density at radius 1 is 1.60 bits per heavy atom. The van der Waals surface area contributed by atoms with Gasteiger partial charge in [-0.2, -0.15) is 5.10 Å². The molecule has 0 radical (unpaired) electrons. The zero-order valence-corrected chi connectivity index (χ0v) is 11.5. The number of rotatable bonds is 4. The zero-order chi connectivity index (χ0) is 14.8. The highest BCUT2D eigenvalue weighted by atomic mass is 16.5. The fourth-order valence-corrected chi connectivity index (χ4v) is 2.16. The van der Waals surface area contributed by atoms with Gasteiger partial charge in [0.1, 0.15) is 0 Å². The molecule has 2 heterocycles. The van der Waals surface area contributed by atoms with Crippen molar-refractivity contribution in [1.29, 1.82) is 0 Å². The number of ether oxygens (including phenoxy) is 1. The second-order valence-electron chi connectivity index (χ2n) is 4.79. The maximum atomic E-state index is 12.0. The van der Waals surface area contributed by atoms with Crippen molar-refractivity contribution in [2.45, 2.75) is 25.3 Å². The van der Waals surface area contributed by atoms with E-state index in [4.69, 9.17) is 4.74 Å². The molecule has 8 heteroatoms. The first-order valence-corrected chi connectivity index (χ1v) is 6.39. The molecule has 1 fully saturated rings. The molecule has 0 aliphatic carbocycles. The van der Waals surface area contributed by atoms with Crippen LogP contribution >= 0.6 is 0 Å². The molecule has 2 rings (SSSR count). The van der Waals surface area contributed by atoms with Crippen LogP contribution in [0.2, 0.25) is 0 Å². The number of urea groups is 1. The van der Waals surface area contributed by atoms with Gasteiger partial charge in [0.05, 0.1) is 18.0 Å². The van der Waals surface area contributed by atoms with Crippen LogP contribution in [0.1, 0.15) is 19.0 Å². The van der Waals surface area contributed by atoms with Crippen LogP contribution in [0.15, 0.2) is 6.20 Å². The third-order valence-corrected chi connectivity index (χ3v) is 3.27. The lowest BCUT2D eigenvalue weighted by Crippen LogP contribution is -2.56. The number of carboxylic acids is 1. The van der Waals surface area contributed by atoms with Crippen molar-refractivity contribution in [2.75, 3.05) is 18.5 Å². The van der Waals surface area contributed by atoms with Gasteiger partial charge in [-0.25, -0.2) is 9.59 Å². The number of carbonyl (C=O) groups excluding carboxylic acids is 1. The third kappa shape index (κ3) is 2.74. The van der Waals surface area contributed by atoms with Gasteiger partial charge in [-0.3, -0.25) is 4.68 Å². The summed E-state index contributed by atoms with van der Waals surface area (Å²) >= 11 is 0. The minimum absolute atomic E-state index is 0.0244. The Kier molecular flexibility index (Phi) is 3.93. The highest BCUT2D eigenvalue weighted by Crippen LogP contribution is 2.20. The number of aryl methyl sites for hydroxylation is 2. The van der Waals surface area contributed by atoms with Crippen LogP contribution in [0.5, 0.6) is 0 Å². The van der Waals surface area contributed by atoms with Crippen molar-refractivity contribution in [3.8, 4) is 0 Å². The van der Waals surface area contributed by atoms with E-state index in [1.54, 1.807) is 17.9 Å². The first kappa shape index (κ1) is 14.3. The minimum Gasteiger partial charge on any atom is -0.479 e. The van der Waals surface area contributed by atoms with Crippen molar-refractivity contribution in [3.63, 3.8) is 0 Å². The Labute approximate surface area is 116 Å². The van der Waals surface area contributed by atoms with Crippen LogP contribution in [-0.2, 0) is 23.0 Å². The quantitative estimate of drug-likeness (QED) is 0.739. The monoisotopic (exact) mass is 282 g/mol. The number of aromatic nitrogens is 2. The van der Waals surface area contributed by atoms with Gasteiger partial charge in [-0.05, 0) is 6.42 Å². The van der Waals surface area contributed by atoms with E-state index in [0.29, 0.717) is 18.7 Å². The first-order valence-electron chi connectivity index (χ1n) is 6.39. The number of amides is 2. The SMILES string of the molecule is CCc1nn(C)cc1NC(=O)NC1(C(=O)O)CCOC1. The molecule has 1 aromatic heterocycles. The number of aliphatic carboxylic acids is 1. The largest absolute Gasteiger partial charge is 0.479 e. The summed E-state index contributed by atoms with van der Waals surface area (Å²) in [5.41, 5.74) is -0.0276. The smallest absolute Gasteiger partial charge is 0.332 e. The van der Waals surface area contributed by atoms with Crippen LogP contribution in [0.25, 0.3) is 0 Å². The molecule has 110 valence electrons. The Balaban J connectivity index is 2.06. The Morgan fingerprint density at radius 3 is 2.90 bits per heavy atom. The van der Waals surface area contributed by atoms with Gasteiger partial charge in [0.15, 0.2) is 5.54 Å². The van der Waals surface area contributed by atoms with Crippen LogP contribution in [0.4, 0.5) is 10.5 Å². The number of hydrogen-bond acceptors (Lipinski definition) is 4. The van der Waals surface area contributed by atoms with Gasteiger partial charge in [0.25, 0.3) is 0 Å². The summed E-state index contributed by atoms with van der Waals surface area (Å²) in [5.74, 6) is -1.09. The van der Waals surface area contributed by atoms with Gasteiger partial charge in [-0.15, -0.1) is 0 Å². The lowest BCUT2D eigenvalue weighted by atomic mass is 9.99. The first-order chi connectivity index (χ1) is 9.47. The van der Waals surface area contributed by atoms with Crippen LogP contribution in [0.3, 0.4) is 0 Å². The Hall–Kier alpha value is -2.09. The molecule has 20 heavy (non-hydrogen) atoms. The maximum absolute atomic E-state index is 12.0. The van der Waals surface area contributed by atoms with Crippen LogP contribution < -0.4 is 10.6 Å². The molecule has 3 N–H and O–H groups in total. The number of carboxylic acid groups (broad SMARTS) is 1. The van der Waals surface area contributed by atoms with Gasteiger partial charge in [0.2, 0.25) is 0 Å². The van der Waals surface area contributed by atoms with Crippen molar-refractivity contribution < 1.29 is 19.4 Å². The van der Waals surface area contributed by atoms with E-state index in [0.717, 1.165) is 5.69 Å². The molecule has 1 aromatic rings. The fourth-order valence-electron chi connectivity index (χ4n) is 2.16. The van der Waals surface area contributed by atoms with E-state index in [9.17, 15) is 14.7 Å². The predicted octanol–water partition coefficient (Wildman–Crippen LogP) is 0.348. The highest BCUT2D eigenvalue weighted by molar-refractivity contribution is 5.94. The van der Waals surface area contributed by atoms with Gasteiger partial charge in [0, 0.05) is 26.3 Å². The van der Waals surface area contributed by atoms with Crippen molar-refractivity contribution in [1.82, 2.24) is 15.1 Å². The summed E-state index contributed by atoms with van der Waals surface area (Å²) in [6.45, 7) is 2.22. The molecule has 8 nitrogen and oxygen atoms in total. The lowest BCUT2D eigenvalue weighted by molar-refractivity contribution is -0.144. The van der Waals surface area contributed by atoms with E-state index in [1.165, 1.54) is 0 Å². The van der Waals surface area contributed by atoms with E-state index in [1.807, 2.05) is 6.92 Å². The molecule has 1 unspecified atom stereocenters. The normalized spacial score (nSPS) is 21.7. The second kappa shape index (κ2) is 5.49. The number of hydrogen-bond donors (Lipinski definition) is 3. The van der Waals surface area contributed by atoms with Crippen molar-refractivity contribution in [3.05, 3.63) is 11.9 Å². The molecule has 0 bridgehead atoms. The topological polar surface area (TPSA) is 105 Å². The molecule has 1 aliphatic rings. The summed E-state index contributed by atoms with van der Waals surface area (Å²) in [4.78, 5) is 23.3. The summed E-state index contributed by atoms with van der Waals surface area (Å²) in [6.07, 6.45) is 2.60. The number of nitrogens with one attached hydrogen (secondary N) is 2. The van der Waals surface area contributed by atoms with Crippen molar-refractivity contribution >= 4 is 17.7 Å². The summed E-state index contributed by atoms with van der Waals surface area (Å²) in [5, 5.41) is 18.6. The van der Waals surface area contributed by atoms with Gasteiger partial charge in [-0.1, -0.05) is 6.92 Å². The summed E-state index contributed by atoms with van der Waals surface area (Å²) < 4.78 is 6.68. The average molecular weight is 282 g/mol. The average Bonchev–Trinajstić information content (AvgIpc) is 2.97. The molecular weight excluding hydrogens is 264 g/mol. The van der Waals surface area contributed by atoms with Crippen LogP contribution in [-0.4, -0.2) is 45.6 Å². The van der Waals surface area contributed by atoms with Crippen LogP contribution in [0, 0.1) is 0 Å². The Morgan fingerprint density at radius 2 is 2.35 bits per heavy atom. The maximum Gasteiger partial charge on any atom is 0.332 e. The summed E-state index contributed by atoms with van der Waals surface area (Å²) in [6, 6.07) is -0.569. The third-order valence-electron chi connectivity index (χ3n) is 3.27. The summed E-state index contributed by atoms with van der Waals surface area (Å²) in [7, 11) is 1.76. The van der Waals surface area contributed by atoms with E-state index in [-0.39, 0.29) is 13.0 Å². The van der Waals surface area contributed by atoms with E-state index in [2.05, 4.69) is 15.7 Å². The molecule has 0 saturated carbocycles. The second-order valence-corrected chi connectivity index (χ2v) is 4.79. The van der Waals surface area contributed by atoms with E-state index >= 15 is 0 Å². The highest BCUT2D eigenvalue weighted by Gasteiger charge is 2.44. The zero-order valence-electron chi connectivity index (χ0n) is 11.5. The van der Waals surface area contributed by atoms with E-state index < -0.39 is 17.5 Å². The lowest BCUT2D eigenvalue weighted by Gasteiger charge is -2.23. The molecular formula is C12H18N4O4. The molecule has 0 aromatic carbocycles. The molecule has 2 amide bonds. The predicted molar refractivity (Wildman–Crippen MR) is 70.5 cm³/mol. The fraction of sp³-hybridized carbons (Fsp3) is 0.583.